The first-order chi connectivity index (χ1) is 12.4. The Bertz CT molecular complexity index is 847. The zero-order chi connectivity index (χ0) is 19.1. The summed E-state index contributed by atoms with van der Waals surface area (Å²) in [6.07, 6.45) is 1.58. The van der Waals surface area contributed by atoms with E-state index < -0.39 is 4.92 Å². The molecule has 0 unspecified atom stereocenters. The standard InChI is InChI=1S/C19H21N3O4/c1-4-26-18-8-6-15(10-17(18)22(24)25)12-20-21-19(23)11-16-7-5-13(2)9-14(16)3/h5-10,12H,4,11H2,1-3H3,(H,21,23)/b20-12-. The number of benzene rings is 2. The first-order valence-corrected chi connectivity index (χ1v) is 8.20. The number of rotatable bonds is 7. The number of nitrogens with one attached hydrogen (secondary N) is 1. The van der Waals surface area contributed by atoms with Gasteiger partial charge >= 0.3 is 5.69 Å². The molecule has 0 aliphatic heterocycles. The maximum Gasteiger partial charge on any atom is 0.311 e. The van der Waals surface area contributed by atoms with Crippen LogP contribution in [0.5, 0.6) is 5.75 Å². The number of nitro groups is 1. The van der Waals surface area contributed by atoms with E-state index in [2.05, 4.69) is 10.5 Å². The second-order valence-electron chi connectivity index (χ2n) is 5.82. The lowest BCUT2D eigenvalue weighted by Crippen LogP contribution is -2.20. The first kappa shape index (κ1) is 19.1. The second-order valence-corrected chi connectivity index (χ2v) is 5.82. The molecule has 1 amide bonds. The first-order valence-electron chi connectivity index (χ1n) is 8.20. The Morgan fingerprint density at radius 2 is 2.04 bits per heavy atom. The number of amides is 1. The van der Waals surface area contributed by atoms with E-state index in [0.717, 1.165) is 16.7 Å². The predicted molar refractivity (Wildman–Crippen MR) is 99.6 cm³/mol. The van der Waals surface area contributed by atoms with Crippen LogP contribution in [-0.2, 0) is 11.2 Å². The van der Waals surface area contributed by atoms with E-state index in [9.17, 15) is 14.9 Å². The molecule has 0 bridgehead atoms. The Kier molecular flexibility index (Phi) is 6.43. The minimum atomic E-state index is -0.513. The molecule has 0 heterocycles. The van der Waals surface area contributed by atoms with Crippen molar-refractivity contribution in [3.63, 3.8) is 0 Å². The molecule has 136 valence electrons. The van der Waals surface area contributed by atoms with Gasteiger partial charge in [-0.05, 0) is 44.0 Å². The third kappa shape index (κ3) is 5.14. The third-order valence-corrected chi connectivity index (χ3v) is 3.73. The van der Waals surface area contributed by atoms with E-state index >= 15 is 0 Å². The molecule has 1 N–H and O–H groups in total. The average Bonchev–Trinajstić information content (AvgIpc) is 2.58. The summed E-state index contributed by atoms with van der Waals surface area (Å²) < 4.78 is 5.23. The monoisotopic (exact) mass is 355 g/mol. The van der Waals surface area contributed by atoms with Crippen molar-refractivity contribution in [1.29, 1.82) is 0 Å². The van der Waals surface area contributed by atoms with Crippen LogP contribution >= 0.6 is 0 Å². The summed E-state index contributed by atoms with van der Waals surface area (Å²) >= 11 is 0. The van der Waals surface area contributed by atoms with Gasteiger partial charge in [-0.15, -0.1) is 0 Å². The van der Waals surface area contributed by atoms with E-state index in [4.69, 9.17) is 4.74 Å². The van der Waals surface area contributed by atoms with Crippen molar-refractivity contribution in [2.24, 2.45) is 5.10 Å². The van der Waals surface area contributed by atoms with Crippen LogP contribution in [0.3, 0.4) is 0 Å². The fraction of sp³-hybridized carbons (Fsp3) is 0.263. The van der Waals surface area contributed by atoms with Crippen molar-refractivity contribution in [2.45, 2.75) is 27.2 Å². The summed E-state index contributed by atoms with van der Waals surface area (Å²) in [7, 11) is 0. The highest BCUT2D eigenvalue weighted by atomic mass is 16.6. The largest absolute Gasteiger partial charge is 0.487 e. The Hall–Kier alpha value is -3.22. The lowest BCUT2D eigenvalue weighted by atomic mass is 10.0. The lowest BCUT2D eigenvalue weighted by molar-refractivity contribution is -0.385. The normalized spacial score (nSPS) is 10.7. The molecule has 0 aromatic heterocycles. The van der Waals surface area contributed by atoms with Crippen molar-refractivity contribution in [1.82, 2.24) is 5.43 Å². The van der Waals surface area contributed by atoms with Gasteiger partial charge in [0.05, 0.1) is 24.2 Å². The van der Waals surface area contributed by atoms with Gasteiger partial charge in [-0.1, -0.05) is 23.8 Å². The van der Waals surface area contributed by atoms with Crippen LogP contribution in [0, 0.1) is 24.0 Å². The number of nitro benzene ring substituents is 1. The number of carbonyl (C=O) groups excluding carboxylic acids is 1. The van der Waals surface area contributed by atoms with Gasteiger partial charge in [0, 0.05) is 11.6 Å². The van der Waals surface area contributed by atoms with Gasteiger partial charge in [-0.2, -0.15) is 5.10 Å². The highest BCUT2D eigenvalue weighted by Crippen LogP contribution is 2.27. The number of hydrazone groups is 1. The number of ether oxygens (including phenoxy) is 1. The van der Waals surface area contributed by atoms with Crippen LogP contribution in [0.1, 0.15) is 29.2 Å². The second kappa shape index (κ2) is 8.75. The predicted octanol–water partition coefficient (Wildman–Crippen LogP) is 3.30. The molecular formula is C19H21N3O4. The molecule has 7 heteroatoms. The molecule has 0 saturated heterocycles. The summed E-state index contributed by atoms with van der Waals surface area (Å²) in [4.78, 5) is 22.6. The molecule has 7 nitrogen and oxygen atoms in total. The molecule has 2 aromatic rings. The molecule has 2 aromatic carbocycles. The number of hydrogen-bond acceptors (Lipinski definition) is 5. The molecule has 0 atom stereocenters. The topological polar surface area (TPSA) is 93.8 Å². The van der Waals surface area contributed by atoms with Gasteiger partial charge in [-0.25, -0.2) is 5.43 Å². The third-order valence-electron chi connectivity index (χ3n) is 3.73. The van der Waals surface area contributed by atoms with Crippen LogP contribution in [0.25, 0.3) is 0 Å². The summed E-state index contributed by atoms with van der Waals surface area (Å²) in [6, 6.07) is 10.4. The average molecular weight is 355 g/mol. The fourth-order valence-electron chi connectivity index (χ4n) is 2.47. The molecule has 0 saturated carbocycles. The van der Waals surface area contributed by atoms with Crippen LogP contribution in [-0.4, -0.2) is 23.7 Å². The van der Waals surface area contributed by atoms with Gasteiger partial charge < -0.3 is 4.74 Å². The number of aryl methyl sites for hydroxylation is 2. The van der Waals surface area contributed by atoms with Gasteiger partial charge in [0.15, 0.2) is 5.75 Å². The van der Waals surface area contributed by atoms with Crippen LogP contribution in [0.2, 0.25) is 0 Å². The van der Waals surface area contributed by atoms with Crippen LogP contribution in [0.15, 0.2) is 41.5 Å². The molecule has 0 aliphatic rings. The summed E-state index contributed by atoms with van der Waals surface area (Å²) in [6.45, 7) is 6.04. The highest BCUT2D eigenvalue weighted by Gasteiger charge is 2.15. The molecule has 0 aliphatic carbocycles. The summed E-state index contributed by atoms with van der Waals surface area (Å²) in [5, 5.41) is 15.0. The molecular weight excluding hydrogens is 334 g/mol. The molecule has 0 fully saturated rings. The molecule has 0 radical (unpaired) electrons. The van der Waals surface area contributed by atoms with Crippen molar-refractivity contribution in [3.8, 4) is 5.75 Å². The molecule has 2 rings (SSSR count). The van der Waals surface area contributed by atoms with Gasteiger partial charge in [0.1, 0.15) is 0 Å². The maximum absolute atomic E-state index is 12.0. The minimum Gasteiger partial charge on any atom is -0.487 e. The van der Waals surface area contributed by atoms with Crippen LogP contribution < -0.4 is 10.2 Å². The summed E-state index contributed by atoms with van der Waals surface area (Å²) in [5.41, 5.74) is 5.91. The van der Waals surface area contributed by atoms with Gasteiger partial charge in [-0.3, -0.25) is 14.9 Å². The lowest BCUT2D eigenvalue weighted by Gasteiger charge is -2.06. The van der Waals surface area contributed by atoms with Gasteiger partial charge in [0.2, 0.25) is 5.91 Å². The number of nitrogens with zero attached hydrogens (tertiary/aromatic N) is 2. The Morgan fingerprint density at radius 1 is 1.27 bits per heavy atom. The zero-order valence-electron chi connectivity index (χ0n) is 15.0. The fourth-order valence-corrected chi connectivity index (χ4v) is 2.47. The number of hydrogen-bond donors (Lipinski definition) is 1. The smallest absolute Gasteiger partial charge is 0.311 e. The van der Waals surface area contributed by atoms with E-state index in [-0.39, 0.29) is 23.8 Å². The van der Waals surface area contributed by atoms with Crippen molar-refractivity contribution in [3.05, 3.63) is 68.8 Å². The van der Waals surface area contributed by atoms with Crippen molar-refractivity contribution in [2.75, 3.05) is 6.61 Å². The molecule has 26 heavy (non-hydrogen) atoms. The molecule has 0 spiro atoms. The van der Waals surface area contributed by atoms with E-state index in [0.29, 0.717) is 12.2 Å². The maximum atomic E-state index is 12.0. The van der Waals surface area contributed by atoms with E-state index in [1.165, 1.54) is 18.3 Å². The van der Waals surface area contributed by atoms with E-state index in [1.54, 1.807) is 13.0 Å². The van der Waals surface area contributed by atoms with Crippen LogP contribution in [0.4, 0.5) is 5.69 Å². The van der Waals surface area contributed by atoms with Crippen molar-refractivity contribution >= 4 is 17.8 Å². The summed E-state index contributed by atoms with van der Waals surface area (Å²) in [5.74, 6) is -0.0535. The minimum absolute atomic E-state index is 0.141. The number of carbonyl (C=O) groups is 1. The highest BCUT2D eigenvalue weighted by molar-refractivity contribution is 5.84. The quantitative estimate of drug-likeness (QED) is 0.468. The zero-order valence-corrected chi connectivity index (χ0v) is 15.0. The van der Waals surface area contributed by atoms with E-state index in [1.807, 2.05) is 32.0 Å². The SMILES string of the molecule is CCOc1ccc(/C=N\NC(=O)Cc2ccc(C)cc2C)cc1[N+](=O)[O-]. The Morgan fingerprint density at radius 3 is 2.69 bits per heavy atom. The van der Waals surface area contributed by atoms with Crippen molar-refractivity contribution < 1.29 is 14.5 Å². The van der Waals surface area contributed by atoms with Gasteiger partial charge in [0.25, 0.3) is 0 Å². The Labute approximate surface area is 151 Å². The Balaban J connectivity index is 2.02.